The lowest BCUT2D eigenvalue weighted by Crippen LogP contribution is -2.25. The number of rotatable bonds is 8. The van der Waals surface area contributed by atoms with Gasteiger partial charge in [-0.3, -0.25) is 4.90 Å². The van der Waals surface area contributed by atoms with Crippen molar-refractivity contribution in [3.63, 3.8) is 0 Å². The predicted molar refractivity (Wildman–Crippen MR) is 104 cm³/mol. The number of carboxylic acid groups (broad SMARTS) is 1. The molecule has 2 heterocycles. The van der Waals surface area contributed by atoms with Gasteiger partial charge in [0.15, 0.2) is 11.5 Å². The Labute approximate surface area is 157 Å². The Morgan fingerprint density at radius 3 is 2.73 bits per heavy atom. The fourth-order valence-electron chi connectivity index (χ4n) is 3.02. The molecule has 0 saturated carbocycles. The fourth-order valence-corrected chi connectivity index (χ4v) is 3.75. The van der Waals surface area contributed by atoms with E-state index in [-0.39, 0.29) is 5.57 Å². The topological polar surface area (TPSA) is 59.0 Å². The van der Waals surface area contributed by atoms with Gasteiger partial charge in [-0.2, -0.15) is 0 Å². The molecule has 1 aliphatic heterocycles. The quantitative estimate of drug-likeness (QED) is 0.712. The number of methoxy groups -OCH3 is 1. The standard InChI is InChI=1S/C20H23NO4S/c1-24-18-14-15(13-16(20(22)23)19-5-4-12-26-19)6-7-17(18)25-11-10-21-8-2-3-9-21/h4-7,12-14H,2-3,8-11H2,1H3,(H,22,23)/b16-13+. The smallest absolute Gasteiger partial charge is 0.337 e. The van der Waals surface area contributed by atoms with Crippen LogP contribution in [0.15, 0.2) is 35.7 Å². The lowest BCUT2D eigenvalue weighted by Gasteiger charge is -2.16. The first-order valence-corrected chi connectivity index (χ1v) is 9.57. The Bertz CT molecular complexity index is 764. The van der Waals surface area contributed by atoms with Gasteiger partial charge in [0, 0.05) is 11.4 Å². The third-order valence-electron chi connectivity index (χ3n) is 4.38. The summed E-state index contributed by atoms with van der Waals surface area (Å²) in [6.07, 6.45) is 4.19. The molecular formula is C20H23NO4S. The first kappa shape index (κ1) is 18.5. The molecular weight excluding hydrogens is 350 g/mol. The zero-order valence-electron chi connectivity index (χ0n) is 14.8. The van der Waals surface area contributed by atoms with Crippen molar-refractivity contribution in [2.75, 3.05) is 33.4 Å². The van der Waals surface area contributed by atoms with Crippen LogP contribution in [0.1, 0.15) is 23.3 Å². The number of aliphatic carboxylic acids is 1. The van der Waals surface area contributed by atoms with E-state index in [4.69, 9.17) is 9.47 Å². The van der Waals surface area contributed by atoms with Crippen LogP contribution in [-0.4, -0.2) is 49.3 Å². The summed E-state index contributed by atoms with van der Waals surface area (Å²) < 4.78 is 11.3. The van der Waals surface area contributed by atoms with E-state index in [1.807, 2.05) is 29.6 Å². The van der Waals surface area contributed by atoms with Crippen molar-refractivity contribution < 1.29 is 19.4 Å². The molecule has 5 nitrogen and oxygen atoms in total. The van der Waals surface area contributed by atoms with Gasteiger partial charge in [-0.05, 0) is 61.1 Å². The molecule has 1 N–H and O–H groups in total. The Balaban J connectivity index is 1.72. The zero-order valence-corrected chi connectivity index (χ0v) is 15.6. The van der Waals surface area contributed by atoms with Gasteiger partial charge < -0.3 is 14.6 Å². The highest BCUT2D eigenvalue weighted by Gasteiger charge is 2.14. The van der Waals surface area contributed by atoms with Crippen LogP contribution in [0.4, 0.5) is 0 Å². The third kappa shape index (κ3) is 4.65. The van der Waals surface area contributed by atoms with Crippen LogP contribution < -0.4 is 9.47 Å². The Morgan fingerprint density at radius 2 is 2.08 bits per heavy atom. The first-order chi connectivity index (χ1) is 12.7. The second kappa shape index (κ2) is 8.87. The summed E-state index contributed by atoms with van der Waals surface area (Å²) >= 11 is 1.41. The highest BCUT2D eigenvalue weighted by molar-refractivity contribution is 7.11. The van der Waals surface area contributed by atoms with E-state index in [2.05, 4.69) is 4.90 Å². The van der Waals surface area contributed by atoms with Crippen LogP contribution in [0.5, 0.6) is 11.5 Å². The molecule has 138 valence electrons. The average Bonchev–Trinajstić information content (AvgIpc) is 3.34. The number of carboxylic acids is 1. The number of hydrogen-bond acceptors (Lipinski definition) is 5. The molecule has 1 aromatic carbocycles. The van der Waals surface area contributed by atoms with Crippen LogP contribution in [0, 0.1) is 0 Å². The Hall–Kier alpha value is -2.31. The lowest BCUT2D eigenvalue weighted by molar-refractivity contribution is -0.130. The average molecular weight is 373 g/mol. The van der Waals surface area contributed by atoms with Crippen LogP contribution in [-0.2, 0) is 4.79 Å². The van der Waals surface area contributed by atoms with Gasteiger partial charge in [0.1, 0.15) is 6.61 Å². The van der Waals surface area contributed by atoms with E-state index >= 15 is 0 Å². The minimum absolute atomic E-state index is 0.268. The van der Waals surface area contributed by atoms with Gasteiger partial charge in [-0.25, -0.2) is 4.79 Å². The van der Waals surface area contributed by atoms with Crippen molar-refractivity contribution in [3.8, 4) is 11.5 Å². The lowest BCUT2D eigenvalue weighted by atomic mass is 10.1. The molecule has 0 radical (unpaired) electrons. The van der Waals surface area contributed by atoms with Gasteiger partial charge in [-0.15, -0.1) is 11.3 Å². The summed E-state index contributed by atoms with van der Waals surface area (Å²) in [7, 11) is 1.59. The minimum Gasteiger partial charge on any atom is -0.493 e. The van der Waals surface area contributed by atoms with Gasteiger partial charge in [0.2, 0.25) is 0 Å². The van der Waals surface area contributed by atoms with E-state index in [0.717, 1.165) is 30.1 Å². The van der Waals surface area contributed by atoms with Crippen LogP contribution in [0.3, 0.4) is 0 Å². The van der Waals surface area contributed by atoms with Crippen molar-refractivity contribution in [3.05, 3.63) is 46.2 Å². The number of benzene rings is 1. The van der Waals surface area contributed by atoms with E-state index in [1.54, 1.807) is 19.3 Å². The summed E-state index contributed by atoms with van der Waals surface area (Å²) in [5.41, 5.74) is 1.03. The number of hydrogen-bond donors (Lipinski definition) is 1. The molecule has 0 aliphatic carbocycles. The number of nitrogens with zero attached hydrogens (tertiary/aromatic N) is 1. The Morgan fingerprint density at radius 1 is 1.27 bits per heavy atom. The molecule has 2 aromatic rings. The van der Waals surface area contributed by atoms with Gasteiger partial charge in [0.05, 0.1) is 12.7 Å². The van der Waals surface area contributed by atoms with Crippen molar-refractivity contribution in [2.45, 2.75) is 12.8 Å². The van der Waals surface area contributed by atoms with E-state index < -0.39 is 5.97 Å². The summed E-state index contributed by atoms with van der Waals surface area (Å²) in [6, 6.07) is 9.14. The van der Waals surface area contributed by atoms with Crippen molar-refractivity contribution in [2.24, 2.45) is 0 Å². The van der Waals surface area contributed by atoms with Gasteiger partial charge >= 0.3 is 5.97 Å². The van der Waals surface area contributed by atoms with E-state index in [1.165, 1.54) is 24.2 Å². The summed E-state index contributed by atoms with van der Waals surface area (Å²) in [4.78, 5) is 14.7. The van der Waals surface area contributed by atoms with Crippen LogP contribution in [0.2, 0.25) is 0 Å². The first-order valence-electron chi connectivity index (χ1n) is 8.69. The maximum atomic E-state index is 11.6. The van der Waals surface area contributed by atoms with Crippen LogP contribution in [0.25, 0.3) is 11.6 Å². The highest BCUT2D eigenvalue weighted by Crippen LogP contribution is 2.30. The van der Waals surface area contributed by atoms with E-state index in [0.29, 0.717) is 18.1 Å². The summed E-state index contributed by atoms with van der Waals surface area (Å²) in [5, 5.41) is 11.4. The number of thiophene rings is 1. The van der Waals surface area contributed by atoms with Crippen LogP contribution >= 0.6 is 11.3 Å². The normalized spacial score (nSPS) is 15.2. The number of carbonyl (C=O) groups is 1. The van der Waals surface area contributed by atoms with Gasteiger partial charge in [0.25, 0.3) is 0 Å². The maximum absolute atomic E-state index is 11.6. The molecule has 0 unspecified atom stereocenters. The number of likely N-dealkylation sites (tertiary alicyclic amines) is 1. The molecule has 1 fully saturated rings. The largest absolute Gasteiger partial charge is 0.493 e. The van der Waals surface area contributed by atoms with Gasteiger partial charge in [-0.1, -0.05) is 12.1 Å². The molecule has 26 heavy (non-hydrogen) atoms. The van der Waals surface area contributed by atoms with E-state index in [9.17, 15) is 9.90 Å². The molecule has 0 spiro atoms. The second-order valence-electron chi connectivity index (χ2n) is 6.15. The molecule has 6 heteroatoms. The Kier molecular flexibility index (Phi) is 6.30. The maximum Gasteiger partial charge on any atom is 0.337 e. The molecule has 0 bridgehead atoms. The molecule has 0 atom stereocenters. The molecule has 1 aromatic heterocycles. The molecule has 1 saturated heterocycles. The monoisotopic (exact) mass is 373 g/mol. The third-order valence-corrected chi connectivity index (χ3v) is 5.28. The molecule has 1 aliphatic rings. The number of ether oxygens (including phenoxy) is 2. The second-order valence-corrected chi connectivity index (χ2v) is 7.10. The van der Waals surface area contributed by atoms with Crippen molar-refractivity contribution >= 4 is 29.0 Å². The summed E-state index contributed by atoms with van der Waals surface area (Å²) in [6.45, 7) is 3.81. The zero-order chi connectivity index (χ0) is 18.4. The van der Waals surface area contributed by atoms with Crippen molar-refractivity contribution in [1.82, 2.24) is 4.90 Å². The van der Waals surface area contributed by atoms with Crippen molar-refractivity contribution in [1.29, 1.82) is 0 Å². The minimum atomic E-state index is -0.947. The molecule has 3 rings (SSSR count). The predicted octanol–water partition coefficient (Wildman–Crippen LogP) is 3.86. The highest BCUT2D eigenvalue weighted by atomic mass is 32.1. The molecule has 0 amide bonds. The summed E-state index contributed by atoms with van der Waals surface area (Å²) in [5.74, 6) is 0.338. The fraction of sp³-hybridized carbons (Fsp3) is 0.350. The SMILES string of the molecule is COc1cc(/C=C(/C(=O)O)c2cccs2)ccc1OCCN1CCCC1.